The molecule has 2 aromatic rings. The van der Waals surface area contributed by atoms with Gasteiger partial charge in [-0.05, 0) is 37.8 Å². The number of rotatable bonds is 6. The predicted molar refractivity (Wildman–Crippen MR) is 118 cm³/mol. The summed E-state index contributed by atoms with van der Waals surface area (Å²) in [5.41, 5.74) is 2.50. The summed E-state index contributed by atoms with van der Waals surface area (Å²) < 4.78 is 7.12. The Morgan fingerprint density at radius 2 is 2.00 bits per heavy atom. The van der Waals surface area contributed by atoms with Gasteiger partial charge in [-0.1, -0.05) is 19.3 Å². The number of ether oxygens (including phenoxy) is 1. The second-order valence-electron chi connectivity index (χ2n) is 8.69. The van der Waals surface area contributed by atoms with E-state index in [-0.39, 0.29) is 17.7 Å². The molecule has 1 atom stereocenters. The molecule has 168 valence electrons. The molecule has 0 radical (unpaired) electrons. The molecule has 8 nitrogen and oxygen atoms in total. The van der Waals surface area contributed by atoms with Gasteiger partial charge in [0, 0.05) is 38.3 Å². The molecule has 1 aliphatic carbocycles. The zero-order valence-corrected chi connectivity index (χ0v) is 18.2. The number of aliphatic hydroxyl groups is 1. The minimum atomic E-state index is -0.499. The summed E-state index contributed by atoms with van der Waals surface area (Å²) in [4.78, 5) is 32.4. The number of carbonyl (C=O) groups excluding carboxylic acids is 2. The molecule has 0 unspecified atom stereocenters. The number of aliphatic hydroxyl groups excluding tert-OH is 1. The second-order valence-corrected chi connectivity index (χ2v) is 8.69. The van der Waals surface area contributed by atoms with Crippen molar-refractivity contribution in [1.82, 2.24) is 14.5 Å². The lowest BCUT2D eigenvalue weighted by Gasteiger charge is -2.30. The summed E-state index contributed by atoms with van der Waals surface area (Å²) in [6.45, 7) is 2.01. The smallest absolute Gasteiger partial charge is 0.256 e. The van der Waals surface area contributed by atoms with Gasteiger partial charge >= 0.3 is 0 Å². The standard InChI is InChI=1S/C23H32N4O4/c1-31-11-10-27-15-24-20-13-17(25-22(29)16-6-3-2-4-7-16)12-19(21(20)27)23(30)26-9-5-8-18(28)14-26/h12-13,15-16,18,28H,2-11,14H2,1H3,(H,25,29)/t18-/m1/s1. The summed E-state index contributed by atoms with van der Waals surface area (Å²) in [6, 6.07) is 3.60. The fraction of sp³-hybridized carbons (Fsp3) is 0.609. The number of fused-ring (bicyclic) bond motifs is 1. The third-order valence-electron chi connectivity index (χ3n) is 6.41. The van der Waals surface area contributed by atoms with Crippen LogP contribution < -0.4 is 5.32 Å². The topological polar surface area (TPSA) is 96.7 Å². The number of nitrogens with one attached hydrogen (secondary N) is 1. The van der Waals surface area contributed by atoms with Crippen LogP contribution in [0.25, 0.3) is 11.0 Å². The quantitative estimate of drug-likeness (QED) is 0.738. The average molecular weight is 429 g/mol. The van der Waals surface area contributed by atoms with Crippen LogP contribution in [-0.2, 0) is 16.1 Å². The highest BCUT2D eigenvalue weighted by molar-refractivity contribution is 6.07. The number of imidazole rings is 1. The van der Waals surface area contributed by atoms with Gasteiger partial charge in [0.25, 0.3) is 5.91 Å². The minimum Gasteiger partial charge on any atom is -0.391 e. The molecule has 0 bridgehead atoms. The molecule has 2 aliphatic rings. The lowest BCUT2D eigenvalue weighted by atomic mass is 9.88. The third-order valence-corrected chi connectivity index (χ3v) is 6.41. The predicted octanol–water partition coefficient (Wildman–Crippen LogP) is 2.80. The monoisotopic (exact) mass is 428 g/mol. The fourth-order valence-electron chi connectivity index (χ4n) is 4.72. The number of hydrogen-bond donors (Lipinski definition) is 2. The lowest BCUT2D eigenvalue weighted by Crippen LogP contribution is -2.42. The van der Waals surface area contributed by atoms with Crippen molar-refractivity contribution in [3.05, 3.63) is 24.0 Å². The van der Waals surface area contributed by atoms with E-state index < -0.39 is 6.10 Å². The van der Waals surface area contributed by atoms with E-state index in [0.29, 0.717) is 49.4 Å². The summed E-state index contributed by atoms with van der Waals surface area (Å²) in [5, 5.41) is 13.1. The second kappa shape index (κ2) is 9.78. The number of likely N-dealkylation sites (tertiary alicyclic amines) is 1. The Labute approximate surface area is 182 Å². The van der Waals surface area contributed by atoms with Gasteiger partial charge in [0.05, 0.1) is 35.6 Å². The largest absolute Gasteiger partial charge is 0.391 e. The molecule has 2 amide bonds. The zero-order valence-electron chi connectivity index (χ0n) is 18.2. The van der Waals surface area contributed by atoms with Crippen molar-refractivity contribution >= 4 is 28.5 Å². The van der Waals surface area contributed by atoms with Crippen LogP contribution in [0.4, 0.5) is 5.69 Å². The van der Waals surface area contributed by atoms with Crippen LogP contribution in [0.15, 0.2) is 18.5 Å². The van der Waals surface area contributed by atoms with Gasteiger partial charge in [0.2, 0.25) is 5.91 Å². The van der Waals surface area contributed by atoms with E-state index in [4.69, 9.17) is 4.74 Å². The maximum Gasteiger partial charge on any atom is 0.256 e. The first-order valence-corrected chi connectivity index (χ1v) is 11.3. The molecule has 1 saturated heterocycles. The zero-order chi connectivity index (χ0) is 21.8. The molecule has 31 heavy (non-hydrogen) atoms. The number of anilines is 1. The van der Waals surface area contributed by atoms with E-state index >= 15 is 0 Å². The number of methoxy groups -OCH3 is 1. The average Bonchev–Trinajstić information content (AvgIpc) is 3.20. The molecule has 1 aromatic carbocycles. The summed E-state index contributed by atoms with van der Waals surface area (Å²) in [7, 11) is 1.64. The number of β-amino-alcohol motifs (C(OH)–C–C–N with tert-alkyl or cyclic N) is 1. The van der Waals surface area contributed by atoms with Crippen LogP contribution in [0.5, 0.6) is 0 Å². The van der Waals surface area contributed by atoms with Gasteiger partial charge in [0.15, 0.2) is 0 Å². The molecule has 8 heteroatoms. The molecule has 2 heterocycles. The number of hydrogen-bond acceptors (Lipinski definition) is 5. The van der Waals surface area contributed by atoms with Crippen LogP contribution >= 0.6 is 0 Å². The highest BCUT2D eigenvalue weighted by Gasteiger charge is 2.27. The first-order chi connectivity index (χ1) is 15.1. The Morgan fingerprint density at radius 1 is 1.19 bits per heavy atom. The van der Waals surface area contributed by atoms with Gasteiger partial charge in [-0.15, -0.1) is 0 Å². The molecule has 1 saturated carbocycles. The third kappa shape index (κ3) is 4.91. The maximum atomic E-state index is 13.5. The molecular formula is C23H32N4O4. The van der Waals surface area contributed by atoms with E-state index in [1.165, 1.54) is 6.42 Å². The van der Waals surface area contributed by atoms with Crippen LogP contribution in [-0.4, -0.2) is 64.3 Å². The lowest BCUT2D eigenvalue weighted by molar-refractivity contribution is -0.120. The SMILES string of the molecule is COCCn1cnc2cc(NC(=O)C3CCCCC3)cc(C(=O)N3CCC[C@@H](O)C3)c21. The number of carbonyl (C=O) groups is 2. The Morgan fingerprint density at radius 3 is 2.74 bits per heavy atom. The Bertz CT molecular complexity index is 935. The normalized spacial score (nSPS) is 20.2. The highest BCUT2D eigenvalue weighted by Crippen LogP contribution is 2.29. The van der Waals surface area contributed by atoms with Crippen molar-refractivity contribution in [1.29, 1.82) is 0 Å². The van der Waals surface area contributed by atoms with Gasteiger partial charge < -0.3 is 24.6 Å². The molecule has 1 aliphatic heterocycles. The first kappa shape index (κ1) is 21.8. The highest BCUT2D eigenvalue weighted by atomic mass is 16.5. The Hall–Kier alpha value is -2.45. The summed E-state index contributed by atoms with van der Waals surface area (Å²) in [6.07, 6.45) is 7.88. The molecular weight excluding hydrogens is 396 g/mol. The molecule has 2 fully saturated rings. The number of piperidine rings is 1. The van der Waals surface area contributed by atoms with E-state index in [1.807, 2.05) is 10.6 Å². The molecule has 1 aromatic heterocycles. The molecule has 4 rings (SSSR count). The van der Waals surface area contributed by atoms with Crippen molar-refractivity contribution in [2.24, 2.45) is 5.92 Å². The van der Waals surface area contributed by atoms with Crippen LogP contribution in [0, 0.1) is 5.92 Å². The molecule has 2 N–H and O–H groups in total. The van der Waals surface area contributed by atoms with Crippen LogP contribution in [0.1, 0.15) is 55.3 Å². The minimum absolute atomic E-state index is 0.0182. The Kier molecular flexibility index (Phi) is 6.87. The van der Waals surface area contributed by atoms with Gasteiger partial charge in [-0.2, -0.15) is 0 Å². The van der Waals surface area contributed by atoms with Crippen LogP contribution in [0.2, 0.25) is 0 Å². The van der Waals surface area contributed by atoms with Gasteiger partial charge in [-0.25, -0.2) is 4.98 Å². The summed E-state index contributed by atoms with van der Waals surface area (Å²) in [5.74, 6) is -0.0959. The number of benzene rings is 1. The first-order valence-electron chi connectivity index (χ1n) is 11.3. The Balaban J connectivity index is 1.66. The van der Waals surface area contributed by atoms with Gasteiger partial charge in [-0.3, -0.25) is 9.59 Å². The maximum absolute atomic E-state index is 13.5. The van der Waals surface area contributed by atoms with E-state index in [1.54, 1.807) is 24.4 Å². The molecule has 0 spiro atoms. The number of nitrogens with zero attached hydrogens (tertiary/aromatic N) is 3. The number of aromatic nitrogens is 2. The van der Waals surface area contributed by atoms with Crippen molar-refractivity contribution < 1.29 is 19.4 Å². The van der Waals surface area contributed by atoms with Crippen molar-refractivity contribution in [3.8, 4) is 0 Å². The van der Waals surface area contributed by atoms with Crippen molar-refractivity contribution in [3.63, 3.8) is 0 Å². The van der Waals surface area contributed by atoms with Crippen LogP contribution in [0.3, 0.4) is 0 Å². The van der Waals surface area contributed by atoms with Crippen molar-refractivity contribution in [2.75, 3.05) is 32.1 Å². The van der Waals surface area contributed by atoms with E-state index in [0.717, 1.165) is 37.6 Å². The summed E-state index contributed by atoms with van der Waals surface area (Å²) >= 11 is 0. The van der Waals surface area contributed by atoms with Gasteiger partial charge in [0.1, 0.15) is 0 Å². The van der Waals surface area contributed by atoms with E-state index in [9.17, 15) is 14.7 Å². The van der Waals surface area contributed by atoms with Crippen molar-refractivity contribution in [2.45, 2.75) is 57.6 Å². The fourth-order valence-corrected chi connectivity index (χ4v) is 4.72. The number of amides is 2. The van der Waals surface area contributed by atoms with E-state index in [2.05, 4.69) is 10.3 Å².